The van der Waals surface area contributed by atoms with Crippen LogP contribution in [0.2, 0.25) is 0 Å². The maximum Gasteiger partial charge on any atom is 0.306 e. The topological polar surface area (TPSA) is 59.4 Å². The van der Waals surface area contributed by atoms with E-state index in [9.17, 15) is 4.79 Å². The van der Waals surface area contributed by atoms with Crippen molar-refractivity contribution in [2.45, 2.75) is 44.6 Å². The second kappa shape index (κ2) is 5.14. The van der Waals surface area contributed by atoms with Crippen LogP contribution in [-0.2, 0) is 16.0 Å². The summed E-state index contributed by atoms with van der Waals surface area (Å²) in [7, 11) is 0. The van der Waals surface area contributed by atoms with Crippen LogP contribution < -0.4 is 0 Å². The number of aromatic nitrogens is 1. The summed E-state index contributed by atoms with van der Waals surface area (Å²) < 4.78 is 5.80. The van der Waals surface area contributed by atoms with Gasteiger partial charge in [0, 0.05) is 11.3 Å². The second-order valence-corrected chi connectivity index (χ2v) is 5.51. The predicted molar refractivity (Wildman–Crippen MR) is 65.3 cm³/mol. The summed E-state index contributed by atoms with van der Waals surface area (Å²) in [6.07, 6.45) is 3.79. The van der Waals surface area contributed by atoms with E-state index in [-0.39, 0.29) is 12.0 Å². The fourth-order valence-corrected chi connectivity index (χ4v) is 2.91. The molecule has 1 aliphatic rings. The summed E-state index contributed by atoms with van der Waals surface area (Å²) in [6, 6.07) is 0. The molecule has 0 unspecified atom stereocenters. The van der Waals surface area contributed by atoms with Crippen molar-refractivity contribution >= 4 is 17.3 Å². The summed E-state index contributed by atoms with van der Waals surface area (Å²) >= 11 is 1.63. The number of carboxylic acid groups (broad SMARTS) is 1. The molecule has 0 aromatic carbocycles. The van der Waals surface area contributed by atoms with Crippen LogP contribution >= 0.6 is 11.3 Å². The summed E-state index contributed by atoms with van der Waals surface area (Å²) in [5.74, 6) is -0.765. The van der Waals surface area contributed by atoms with Gasteiger partial charge < -0.3 is 9.84 Å². The number of carboxylic acids is 1. The number of rotatable bonds is 6. The summed E-state index contributed by atoms with van der Waals surface area (Å²) in [6.45, 7) is 2.58. The number of ether oxygens (including phenoxy) is 1. The van der Waals surface area contributed by atoms with Gasteiger partial charge in [-0.1, -0.05) is 0 Å². The Labute approximate surface area is 105 Å². The molecule has 17 heavy (non-hydrogen) atoms. The van der Waals surface area contributed by atoms with Gasteiger partial charge in [0.25, 0.3) is 0 Å². The summed E-state index contributed by atoms with van der Waals surface area (Å²) in [5, 5.41) is 8.85. The van der Waals surface area contributed by atoms with E-state index in [1.54, 1.807) is 11.3 Å². The van der Waals surface area contributed by atoms with E-state index in [4.69, 9.17) is 9.84 Å². The molecule has 1 aromatic heterocycles. The van der Waals surface area contributed by atoms with E-state index in [0.717, 1.165) is 31.4 Å². The Morgan fingerprint density at radius 1 is 1.65 bits per heavy atom. The first kappa shape index (κ1) is 12.5. The maximum atomic E-state index is 10.8. The molecule has 0 atom stereocenters. The smallest absolute Gasteiger partial charge is 0.306 e. The molecule has 5 heteroatoms. The van der Waals surface area contributed by atoms with Crippen molar-refractivity contribution in [3.05, 3.63) is 16.1 Å². The van der Waals surface area contributed by atoms with Crippen molar-refractivity contribution < 1.29 is 14.6 Å². The first-order valence-corrected chi connectivity index (χ1v) is 6.74. The van der Waals surface area contributed by atoms with Crippen LogP contribution in [-0.4, -0.2) is 28.3 Å². The van der Waals surface area contributed by atoms with E-state index in [0.29, 0.717) is 6.61 Å². The molecule has 0 saturated heterocycles. The van der Waals surface area contributed by atoms with E-state index in [1.807, 2.05) is 12.4 Å². The standard InChI is InChI=1S/C12H17NO3S/c1-9-10(17-8-13-9)3-6-16-12(4-2-5-12)7-11(14)15/h8H,2-7H2,1H3,(H,14,15). The van der Waals surface area contributed by atoms with Crippen LogP contribution in [0.1, 0.15) is 36.3 Å². The molecule has 0 radical (unpaired) electrons. The van der Waals surface area contributed by atoms with Gasteiger partial charge >= 0.3 is 5.97 Å². The number of thiazole rings is 1. The highest BCUT2D eigenvalue weighted by atomic mass is 32.1. The largest absolute Gasteiger partial charge is 0.481 e. The van der Waals surface area contributed by atoms with Crippen molar-refractivity contribution in [3.63, 3.8) is 0 Å². The number of aliphatic carboxylic acids is 1. The molecule has 94 valence electrons. The van der Waals surface area contributed by atoms with E-state index >= 15 is 0 Å². The first-order chi connectivity index (χ1) is 8.11. The Bertz CT molecular complexity index is 398. The molecule has 1 saturated carbocycles. The summed E-state index contributed by atoms with van der Waals surface area (Å²) in [5.41, 5.74) is 2.50. The van der Waals surface area contributed by atoms with Crippen LogP contribution in [0.5, 0.6) is 0 Å². The van der Waals surface area contributed by atoms with Crippen molar-refractivity contribution in [1.82, 2.24) is 4.98 Å². The Kier molecular flexibility index (Phi) is 3.79. The Morgan fingerprint density at radius 3 is 2.88 bits per heavy atom. The molecule has 0 amide bonds. The lowest BCUT2D eigenvalue weighted by molar-refractivity contribution is -0.154. The maximum absolute atomic E-state index is 10.8. The SMILES string of the molecule is Cc1ncsc1CCOC1(CC(=O)O)CCC1. The van der Waals surface area contributed by atoms with Crippen LogP contribution in [0.15, 0.2) is 5.51 Å². The molecule has 1 aliphatic carbocycles. The highest BCUT2D eigenvalue weighted by Gasteiger charge is 2.40. The number of hydrogen-bond donors (Lipinski definition) is 1. The van der Waals surface area contributed by atoms with Crippen molar-refractivity contribution in [1.29, 1.82) is 0 Å². The minimum atomic E-state index is -0.765. The van der Waals surface area contributed by atoms with Gasteiger partial charge in [-0.2, -0.15) is 0 Å². The van der Waals surface area contributed by atoms with Gasteiger partial charge in [-0.3, -0.25) is 4.79 Å². The fraction of sp³-hybridized carbons (Fsp3) is 0.667. The summed E-state index contributed by atoms with van der Waals surface area (Å²) in [4.78, 5) is 16.2. The Morgan fingerprint density at radius 2 is 2.41 bits per heavy atom. The molecule has 0 spiro atoms. The second-order valence-electron chi connectivity index (χ2n) is 4.57. The van der Waals surface area contributed by atoms with Crippen molar-refractivity contribution in [2.75, 3.05) is 6.61 Å². The van der Waals surface area contributed by atoms with Gasteiger partial charge in [0.15, 0.2) is 0 Å². The predicted octanol–water partition coefficient (Wildman–Crippen LogP) is 2.41. The molecule has 0 aliphatic heterocycles. The fourth-order valence-electron chi connectivity index (χ4n) is 2.15. The van der Waals surface area contributed by atoms with E-state index in [2.05, 4.69) is 4.98 Å². The molecular formula is C12H17NO3S. The number of hydrogen-bond acceptors (Lipinski definition) is 4. The zero-order chi connectivity index (χ0) is 12.3. The minimum Gasteiger partial charge on any atom is -0.481 e. The lowest BCUT2D eigenvalue weighted by atomic mass is 9.77. The zero-order valence-electron chi connectivity index (χ0n) is 9.94. The van der Waals surface area contributed by atoms with Gasteiger partial charge in [0.2, 0.25) is 0 Å². The molecule has 4 nitrogen and oxygen atoms in total. The van der Waals surface area contributed by atoms with Gasteiger partial charge in [-0.05, 0) is 26.2 Å². The van der Waals surface area contributed by atoms with Crippen LogP contribution in [0, 0.1) is 6.92 Å². The van der Waals surface area contributed by atoms with Crippen LogP contribution in [0.25, 0.3) is 0 Å². The molecule has 2 rings (SSSR count). The minimum absolute atomic E-state index is 0.134. The molecule has 1 N–H and O–H groups in total. The Hall–Kier alpha value is -0.940. The molecule has 1 heterocycles. The Balaban J connectivity index is 1.81. The van der Waals surface area contributed by atoms with Gasteiger partial charge in [-0.25, -0.2) is 4.98 Å². The highest BCUT2D eigenvalue weighted by molar-refractivity contribution is 7.09. The van der Waals surface area contributed by atoms with Crippen LogP contribution in [0.3, 0.4) is 0 Å². The van der Waals surface area contributed by atoms with E-state index in [1.165, 1.54) is 4.88 Å². The zero-order valence-corrected chi connectivity index (χ0v) is 10.8. The normalized spacial score (nSPS) is 17.7. The van der Waals surface area contributed by atoms with Crippen molar-refractivity contribution in [3.8, 4) is 0 Å². The monoisotopic (exact) mass is 255 g/mol. The molecule has 1 fully saturated rings. The van der Waals surface area contributed by atoms with E-state index < -0.39 is 5.97 Å². The number of carbonyl (C=O) groups is 1. The molecule has 1 aromatic rings. The number of nitrogens with zero attached hydrogens (tertiary/aromatic N) is 1. The average molecular weight is 255 g/mol. The van der Waals surface area contributed by atoms with Crippen LogP contribution in [0.4, 0.5) is 0 Å². The van der Waals surface area contributed by atoms with Gasteiger partial charge in [-0.15, -0.1) is 11.3 Å². The third-order valence-corrected chi connectivity index (χ3v) is 4.32. The van der Waals surface area contributed by atoms with Gasteiger partial charge in [0.1, 0.15) is 0 Å². The van der Waals surface area contributed by atoms with Crippen molar-refractivity contribution in [2.24, 2.45) is 0 Å². The average Bonchev–Trinajstić information content (AvgIpc) is 2.60. The molecule has 0 bridgehead atoms. The lowest BCUT2D eigenvalue weighted by Crippen LogP contribution is -2.42. The highest BCUT2D eigenvalue weighted by Crippen LogP contribution is 2.38. The number of aryl methyl sites for hydroxylation is 1. The first-order valence-electron chi connectivity index (χ1n) is 5.86. The quantitative estimate of drug-likeness (QED) is 0.848. The lowest BCUT2D eigenvalue weighted by Gasteiger charge is -2.40. The van der Waals surface area contributed by atoms with Gasteiger partial charge in [0.05, 0.1) is 29.8 Å². The third-order valence-electron chi connectivity index (χ3n) is 3.32. The molecular weight excluding hydrogens is 238 g/mol. The third kappa shape index (κ3) is 3.04.